The van der Waals surface area contributed by atoms with Gasteiger partial charge in [-0.25, -0.2) is 9.50 Å². The molecule has 1 atom stereocenters. The van der Waals surface area contributed by atoms with Crippen molar-refractivity contribution >= 4 is 5.52 Å². The van der Waals surface area contributed by atoms with Gasteiger partial charge in [-0.15, -0.1) is 0 Å². The maximum absolute atomic E-state index is 12.8. The highest BCUT2D eigenvalue weighted by Gasteiger charge is 2.35. The summed E-state index contributed by atoms with van der Waals surface area (Å²) in [5, 5.41) is 7.71. The molecule has 0 fully saturated rings. The summed E-state index contributed by atoms with van der Waals surface area (Å²) in [6.07, 6.45) is 1.93. The van der Waals surface area contributed by atoms with Crippen LogP contribution in [0.5, 0.6) is 0 Å². The first-order valence-electron chi connectivity index (χ1n) is 8.26. The van der Waals surface area contributed by atoms with Gasteiger partial charge in [0.25, 0.3) is 0 Å². The molecule has 0 aromatic carbocycles. The number of fused-ring (bicyclic) bond motifs is 2. The summed E-state index contributed by atoms with van der Waals surface area (Å²) in [4.78, 5) is 3.72. The second-order valence-electron chi connectivity index (χ2n) is 6.43. The smallest absolute Gasteiger partial charge is 0.334 e. The molecule has 8 heteroatoms. The third-order valence-electron chi connectivity index (χ3n) is 4.64. The van der Waals surface area contributed by atoms with E-state index in [1.54, 1.807) is 4.57 Å². The maximum atomic E-state index is 12.8. The van der Waals surface area contributed by atoms with Crippen LogP contribution < -0.4 is 5.32 Å². The second-order valence-corrected chi connectivity index (χ2v) is 6.43. The van der Waals surface area contributed by atoms with E-state index >= 15 is 0 Å². The number of alkyl halides is 3. The van der Waals surface area contributed by atoms with Crippen molar-refractivity contribution in [1.82, 2.24) is 24.5 Å². The number of halogens is 3. The fourth-order valence-corrected chi connectivity index (χ4v) is 3.35. The summed E-state index contributed by atoms with van der Waals surface area (Å²) in [7, 11) is 0. The molecule has 4 rings (SSSR count). The van der Waals surface area contributed by atoms with Crippen molar-refractivity contribution in [2.75, 3.05) is 6.54 Å². The number of hydrogen-bond acceptors (Lipinski definition) is 3. The van der Waals surface area contributed by atoms with Gasteiger partial charge in [-0.05, 0) is 31.0 Å². The average Bonchev–Trinajstić information content (AvgIpc) is 3.18. The first-order valence-corrected chi connectivity index (χ1v) is 8.26. The molecule has 0 radical (unpaired) electrons. The molecule has 0 spiro atoms. The van der Waals surface area contributed by atoms with Crippen molar-refractivity contribution in [3.63, 3.8) is 0 Å². The summed E-state index contributed by atoms with van der Waals surface area (Å²) < 4.78 is 41.8. The largest absolute Gasteiger partial charge is 0.434 e. The molecule has 0 saturated carbocycles. The number of hydrogen-bond donors (Lipinski definition) is 1. The van der Waals surface area contributed by atoms with Crippen molar-refractivity contribution in [3.05, 3.63) is 53.9 Å². The van der Waals surface area contributed by atoms with Gasteiger partial charge in [-0.1, -0.05) is 6.07 Å². The summed E-state index contributed by atoms with van der Waals surface area (Å²) in [5.74, 6) is 0.829. The summed E-state index contributed by atoms with van der Waals surface area (Å²) in [6.45, 7) is 2.01. The number of nitrogens with one attached hydrogen (secondary N) is 1. The van der Waals surface area contributed by atoms with Crippen LogP contribution in [0, 0.1) is 5.92 Å². The highest BCUT2D eigenvalue weighted by molar-refractivity contribution is 5.53. The zero-order valence-corrected chi connectivity index (χ0v) is 13.5. The predicted molar refractivity (Wildman–Crippen MR) is 85.9 cm³/mol. The lowest BCUT2D eigenvalue weighted by molar-refractivity contribution is -0.141. The molecular weight excluding hydrogens is 331 g/mol. The van der Waals surface area contributed by atoms with Gasteiger partial charge < -0.3 is 9.88 Å². The fraction of sp³-hybridized carbons (Fsp3) is 0.412. The van der Waals surface area contributed by atoms with Gasteiger partial charge in [0, 0.05) is 37.5 Å². The predicted octanol–water partition coefficient (Wildman–Crippen LogP) is 2.90. The molecular formula is C17H18F3N5. The minimum atomic E-state index is -4.37. The molecule has 1 N–H and O–H groups in total. The van der Waals surface area contributed by atoms with Crippen molar-refractivity contribution < 1.29 is 13.2 Å². The molecule has 132 valence electrons. The van der Waals surface area contributed by atoms with E-state index in [4.69, 9.17) is 0 Å². The SMILES string of the molecule is FC(F)(F)c1cn2c(n1)CC[C@H](CNCc1cnn3ccccc13)C2. The van der Waals surface area contributed by atoms with Gasteiger partial charge in [-0.2, -0.15) is 18.3 Å². The lowest BCUT2D eigenvalue weighted by Gasteiger charge is -2.23. The fourth-order valence-electron chi connectivity index (χ4n) is 3.35. The summed E-state index contributed by atoms with van der Waals surface area (Å²) in [6, 6.07) is 5.92. The number of rotatable bonds is 4. The van der Waals surface area contributed by atoms with Gasteiger partial charge in [0.15, 0.2) is 5.69 Å². The topological polar surface area (TPSA) is 47.2 Å². The molecule has 3 aromatic heterocycles. The highest BCUT2D eigenvalue weighted by atomic mass is 19.4. The monoisotopic (exact) mass is 349 g/mol. The molecule has 0 unspecified atom stereocenters. The van der Waals surface area contributed by atoms with Crippen LogP contribution >= 0.6 is 0 Å². The summed E-state index contributed by atoms with van der Waals surface area (Å²) in [5.41, 5.74) is 1.38. The third-order valence-corrected chi connectivity index (χ3v) is 4.64. The van der Waals surface area contributed by atoms with Crippen LogP contribution in [0.3, 0.4) is 0 Å². The van der Waals surface area contributed by atoms with Crippen LogP contribution in [-0.2, 0) is 25.7 Å². The molecule has 0 saturated heterocycles. The second kappa shape index (κ2) is 6.18. The Morgan fingerprint density at radius 1 is 1.28 bits per heavy atom. The number of pyridine rings is 1. The van der Waals surface area contributed by atoms with Crippen LogP contribution in [0.2, 0.25) is 0 Å². The molecule has 0 bridgehead atoms. The Morgan fingerprint density at radius 2 is 2.16 bits per heavy atom. The Kier molecular flexibility index (Phi) is 3.99. The summed E-state index contributed by atoms with van der Waals surface area (Å²) >= 11 is 0. The van der Waals surface area contributed by atoms with Crippen LogP contribution in [0.4, 0.5) is 13.2 Å². The number of imidazole rings is 1. The maximum Gasteiger partial charge on any atom is 0.434 e. The van der Waals surface area contributed by atoms with Crippen molar-refractivity contribution in [3.8, 4) is 0 Å². The first-order chi connectivity index (χ1) is 12.0. The van der Waals surface area contributed by atoms with E-state index in [0.29, 0.717) is 31.3 Å². The lowest BCUT2D eigenvalue weighted by atomic mass is 9.99. The van der Waals surface area contributed by atoms with Crippen LogP contribution in [0.25, 0.3) is 5.52 Å². The number of aryl methyl sites for hydroxylation is 1. The van der Waals surface area contributed by atoms with Crippen LogP contribution in [-0.4, -0.2) is 25.7 Å². The minimum absolute atomic E-state index is 0.296. The standard InChI is InChI=1S/C17H18F3N5/c18-17(19,20)15-11-24-10-12(4-5-16(24)23-15)7-21-8-13-9-22-25-6-2-1-3-14(13)25/h1-3,6,9,11-12,21H,4-5,7-8,10H2/t12-/m1/s1. The molecule has 25 heavy (non-hydrogen) atoms. The first kappa shape index (κ1) is 16.1. The van der Waals surface area contributed by atoms with Crippen molar-refractivity contribution in [2.45, 2.75) is 32.1 Å². The molecule has 0 aliphatic carbocycles. The van der Waals surface area contributed by atoms with Gasteiger partial charge in [0.2, 0.25) is 0 Å². The Balaban J connectivity index is 1.36. The Hall–Kier alpha value is -2.35. The van der Waals surface area contributed by atoms with Crippen LogP contribution in [0.15, 0.2) is 36.8 Å². The molecule has 4 heterocycles. The number of aromatic nitrogens is 4. The molecule has 5 nitrogen and oxygen atoms in total. The van der Waals surface area contributed by atoms with E-state index in [-0.39, 0.29) is 0 Å². The Morgan fingerprint density at radius 3 is 3.00 bits per heavy atom. The third kappa shape index (κ3) is 3.26. The zero-order valence-electron chi connectivity index (χ0n) is 13.5. The van der Waals surface area contributed by atoms with Gasteiger partial charge in [-0.3, -0.25) is 0 Å². The highest BCUT2D eigenvalue weighted by Crippen LogP contribution is 2.30. The zero-order chi connectivity index (χ0) is 17.4. The molecule has 0 amide bonds. The quantitative estimate of drug-likeness (QED) is 0.788. The van der Waals surface area contributed by atoms with E-state index in [0.717, 1.165) is 30.2 Å². The van der Waals surface area contributed by atoms with E-state index in [2.05, 4.69) is 15.4 Å². The Bertz CT molecular complexity index is 880. The van der Waals surface area contributed by atoms with Crippen molar-refractivity contribution in [2.24, 2.45) is 5.92 Å². The molecule has 1 aliphatic rings. The molecule has 1 aliphatic heterocycles. The van der Waals surface area contributed by atoms with Crippen molar-refractivity contribution in [1.29, 1.82) is 0 Å². The van der Waals surface area contributed by atoms with E-state index in [1.165, 1.54) is 0 Å². The van der Waals surface area contributed by atoms with Gasteiger partial charge in [0.1, 0.15) is 5.82 Å². The lowest BCUT2D eigenvalue weighted by Crippen LogP contribution is -2.29. The normalized spacial score (nSPS) is 17.8. The molecule has 3 aromatic rings. The van der Waals surface area contributed by atoms with Gasteiger partial charge in [0.05, 0.1) is 11.7 Å². The Labute approximate surface area is 142 Å². The van der Waals surface area contributed by atoms with Gasteiger partial charge >= 0.3 is 6.18 Å². The van der Waals surface area contributed by atoms with E-state index < -0.39 is 11.9 Å². The number of nitrogens with zero attached hydrogens (tertiary/aromatic N) is 4. The average molecular weight is 349 g/mol. The van der Waals surface area contributed by atoms with E-state index in [1.807, 2.05) is 35.1 Å². The van der Waals surface area contributed by atoms with E-state index in [9.17, 15) is 13.2 Å². The van der Waals surface area contributed by atoms with Crippen LogP contribution in [0.1, 0.15) is 23.5 Å². The minimum Gasteiger partial charge on any atom is -0.334 e.